The van der Waals surface area contributed by atoms with Gasteiger partial charge in [-0.3, -0.25) is 4.79 Å². The summed E-state index contributed by atoms with van der Waals surface area (Å²) in [4.78, 5) is 23.6. The van der Waals surface area contributed by atoms with Crippen molar-refractivity contribution in [1.82, 2.24) is 10.6 Å². The molecule has 2 rings (SSSR count). The molecule has 1 aromatic carbocycles. The van der Waals surface area contributed by atoms with E-state index < -0.39 is 12.0 Å². The van der Waals surface area contributed by atoms with E-state index in [1.54, 1.807) is 6.07 Å². The lowest BCUT2D eigenvalue weighted by atomic mass is 9.95. The Morgan fingerprint density at radius 2 is 2.24 bits per heavy atom. The summed E-state index contributed by atoms with van der Waals surface area (Å²) in [5, 5.41) is 15.1. The molecule has 0 saturated carbocycles. The Morgan fingerprint density at radius 3 is 2.95 bits per heavy atom. The number of carbonyl (C=O) groups excluding carboxylic acids is 1. The molecule has 5 nitrogen and oxygen atoms in total. The second kappa shape index (κ2) is 7.22. The molecular formula is C16H22N2O3. The summed E-state index contributed by atoms with van der Waals surface area (Å²) in [5.74, 6) is -1.25. The highest BCUT2D eigenvalue weighted by Crippen LogP contribution is 2.19. The third-order valence-electron chi connectivity index (χ3n) is 3.83. The number of carbonyl (C=O) groups is 2. The zero-order valence-corrected chi connectivity index (χ0v) is 12.3. The van der Waals surface area contributed by atoms with Crippen LogP contribution in [0.15, 0.2) is 18.2 Å². The first-order valence-corrected chi connectivity index (χ1v) is 7.48. The van der Waals surface area contributed by atoms with Gasteiger partial charge in [-0.15, -0.1) is 0 Å². The Kier molecular flexibility index (Phi) is 5.33. The van der Waals surface area contributed by atoms with Crippen molar-refractivity contribution in [3.63, 3.8) is 0 Å². The predicted molar refractivity (Wildman–Crippen MR) is 80.3 cm³/mol. The first-order valence-electron chi connectivity index (χ1n) is 7.48. The van der Waals surface area contributed by atoms with E-state index in [1.165, 1.54) is 0 Å². The average Bonchev–Trinajstić information content (AvgIpc) is 2.50. The van der Waals surface area contributed by atoms with Crippen molar-refractivity contribution < 1.29 is 14.7 Å². The van der Waals surface area contributed by atoms with Gasteiger partial charge in [0.25, 0.3) is 5.91 Å². The lowest BCUT2D eigenvalue weighted by Crippen LogP contribution is -2.41. The normalized spacial score (nSPS) is 15.1. The number of nitrogens with one attached hydrogen (secondary N) is 2. The quantitative estimate of drug-likeness (QED) is 0.745. The van der Waals surface area contributed by atoms with E-state index in [4.69, 9.17) is 0 Å². The summed E-state index contributed by atoms with van der Waals surface area (Å²) >= 11 is 0. The fourth-order valence-corrected chi connectivity index (χ4v) is 2.65. The van der Waals surface area contributed by atoms with Crippen LogP contribution < -0.4 is 10.6 Å². The fraction of sp³-hybridized carbons (Fsp3) is 0.500. The van der Waals surface area contributed by atoms with Gasteiger partial charge in [-0.2, -0.15) is 0 Å². The summed E-state index contributed by atoms with van der Waals surface area (Å²) in [5.41, 5.74) is 2.76. The fourth-order valence-electron chi connectivity index (χ4n) is 2.65. The van der Waals surface area contributed by atoms with Crippen LogP contribution in [-0.4, -0.2) is 29.6 Å². The molecule has 0 fully saturated rings. The lowest BCUT2D eigenvalue weighted by molar-refractivity contribution is -0.139. The van der Waals surface area contributed by atoms with Crippen molar-refractivity contribution in [3.8, 4) is 0 Å². The van der Waals surface area contributed by atoms with Crippen molar-refractivity contribution in [2.75, 3.05) is 6.54 Å². The number of hydrogen-bond acceptors (Lipinski definition) is 3. The van der Waals surface area contributed by atoms with Gasteiger partial charge in [0.05, 0.1) is 0 Å². The Balaban J connectivity index is 2.14. The minimum Gasteiger partial charge on any atom is -0.480 e. The minimum absolute atomic E-state index is 0.280. The van der Waals surface area contributed by atoms with E-state index in [1.807, 2.05) is 19.1 Å². The first kappa shape index (κ1) is 15.5. The minimum atomic E-state index is -0.969. The molecule has 3 N–H and O–H groups in total. The van der Waals surface area contributed by atoms with Gasteiger partial charge in [0.1, 0.15) is 6.04 Å². The van der Waals surface area contributed by atoms with Crippen LogP contribution in [-0.2, 0) is 17.8 Å². The van der Waals surface area contributed by atoms with Crippen molar-refractivity contribution in [2.45, 2.75) is 45.2 Å². The molecule has 1 amide bonds. The van der Waals surface area contributed by atoms with Gasteiger partial charge in [0.2, 0.25) is 0 Å². The Hall–Kier alpha value is -1.88. The number of carboxylic acids is 1. The van der Waals surface area contributed by atoms with E-state index >= 15 is 0 Å². The van der Waals surface area contributed by atoms with Gasteiger partial charge in [-0.25, -0.2) is 4.79 Å². The number of fused-ring (bicyclic) bond motifs is 1. The summed E-state index contributed by atoms with van der Waals surface area (Å²) in [6, 6.07) is 4.82. The van der Waals surface area contributed by atoms with Gasteiger partial charge >= 0.3 is 5.97 Å². The van der Waals surface area contributed by atoms with Gasteiger partial charge < -0.3 is 15.7 Å². The van der Waals surface area contributed by atoms with Gasteiger partial charge in [-0.1, -0.05) is 31.9 Å². The average molecular weight is 290 g/mol. The van der Waals surface area contributed by atoms with Crippen LogP contribution in [0.3, 0.4) is 0 Å². The summed E-state index contributed by atoms with van der Waals surface area (Å²) in [6.45, 7) is 3.60. The van der Waals surface area contributed by atoms with Gasteiger partial charge in [-0.05, 0) is 36.6 Å². The van der Waals surface area contributed by atoms with Crippen LogP contribution in [0, 0.1) is 0 Å². The maximum Gasteiger partial charge on any atom is 0.326 e. The molecule has 0 saturated heterocycles. The molecule has 0 radical (unpaired) electrons. The van der Waals surface area contributed by atoms with Gasteiger partial charge in [0.15, 0.2) is 0 Å². The van der Waals surface area contributed by atoms with Crippen LogP contribution in [0.1, 0.15) is 47.7 Å². The van der Waals surface area contributed by atoms with E-state index in [0.29, 0.717) is 12.0 Å². The molecule has 21 heavy (non-hydrogen) atoms. The third-order valence-corrected chi connectivity index (χ3v) is 3.83. The molecule has 1 aliphatic heterocycles. The number of aliphatic carboxylic acids is 1. The zero-order valence-electron chi connectivity index (χ0n) is 12.3. The maximum absolute atomic E-state index is 12.4. The van der Waals surface area contributed by atoms with E-state index in [2.05, 4.69) is 10.6 Å². The largest absolute Gasteiger partial charge is 0.480 e. The predicted octanol–water partition coefficient (Wildman–Crippen LogP) is 1.71. The standard InChI is InChI=1S/C16H22N2O3/c1-2-3-7-14(16(20)21)18-15(19)13-6-4-5-11-10-17-9-8-12(11)13/h4-6,14,17H,2-3,7-10H2,1H3,(H,18,19)(H,20,21). The monoisotopic (exact) mass is 290 g/mol. The molecule has 114 valence electrons. The van der Waals surface area contributed by atoms with Crippen LogP contribution in [0.2, 0.25) is 0 Å². The molecule has 1 atom stereocenters. The Labute approximate surface area is 124 Å². The number of hydrogen-bond donors (Lipinski definition) is 3. The maximum atomic E-state index is 12.4. The molecule has 0 aliphatic carbocycles. The number of benzene rings is 1. The molecule has 0 bridgehead atoms. The highest BCUT2D eigenvalue weighted by Gasteiger charge is 2.23. The Morgan fingerprint density at radius 1 is 1.43 bits per heavy atom. The van der Waals surface area contributed by atoms with Crippen LogP contribution >= 0.6 is 0 Å². The van der Waals surface area contributed by atoms with Crippen molar-refractivity contribution in [1.29, 1.82) is 0 Å². The van der Waals surface area contributed by atoms with Crippen molar-refractivity contribution >= 4 is 11.9 Å². The molecule has 1 aromatic rings. The van der Waals surface area contributed by atoms with Crippen LogP contribution in [0.25, 0.3) is 0 Å². The lowest BCUT2D eigenvalue weighted by Gasteiger charge is -2.21. The second-order valence-corrected chi connectivity index (χ2v) is 5.38. The van der Waals surface area contributed by atoms with E-state index in [9.17, 15) is 14.7 Å². The first-order chi connectivity index (χ1) is 10.1. The smallest absolute Gasteiger partial charge is 0.326 e. The number of carboxylic acid groups (broad SMARTS) is 1. The second-order valence-electron chi connectivity index (χ2n) is 5.38. The summed E-state index contributed by atoms with van der Waals surface area (Å²) < 4.78 is 0. The molecular weight excluding hydrogens is 268 g/mol. The van der Waals surface area contributed by atoms with Crippen molar-refractivity contribution in [3.05, 3.63) is 34.9 Å². The highest BCUT2D eigenvalue weighted by atomic mass is 16.4. The molecule has 1 unspecified atom stereocenters. The van der Waals surface area contributed by atoms with E-state index in [-0.39, 0.29) is 5.91 Å². The molecule has 1 heterocycles. The number of amides is 1. The molecule has 5 heteroatoms. The Bertz CT molecular complexity index is 528. The van der Waals surface area contributed by atoms with Crippen LogP contribution in [0.4, 0.5) is 0 Å². The summed E-state index contributed by atoms with van der Waals surface area (Å²) in [6.07, 6.45) is 2.96. The number of rotatable bonds is 6. The van der Waals surface area contributed by atoms with Gasteiger partial charge in [0, 0.05) is 12.1 Å². The third kappa shape index (κ3) is 3.82. The molecule has 1 aliphatic rings. The van der Waals surface area contributed by atoms with Crippen LogP contribution in [0.5, 0.6) is 0 Å². The number of unbranched alkanes of at least 4 members (excludes halogenated alkanes) is 1. The van der Waals surface area contributed by atoms with E-state index in [0.717, 1.165) is 43.5 Å². The van der Waals surface area contributed by atoms with Crippen molar-refractivity contribution in [2.24, 2.45) is 0 Å². The summed E-state index contributed by atoms with van der Waals surface area (Å²) in [7, 11) is 0. The topological polar surface area (TPSA) is 78.4 Å². The SMILES string of the molecule is CCCCC(NC(=O)c1cccc2c1CCNC2)C(=O)O. The molecule has 0 spiro atoms. The highest BCUT2D eigenvalue weighted by molar-refractivity contribution is 5.98. The molecule has 0 aromatic heterocycles. The zero-order chi connectivity index (χ0) is 15.2.